The van der Waals surface area contributed by atoms with Crippen molar-refractivity contribution in [2.24, 2.45) is 7.05 Å². The van der Waals surface area contributed by atoms with Crippen LogP contribution in [0.5, 0.6) is 5.75 Å². The van der Waals surface area contributed by atoms with Gasteiger partial charge in [-0.2, -0.15) is 0 Å². The number of hydrogen-bond donors (Lipinski definition) is 0. The van der Waals surface area contributed by atoms with Crippen molar-refractivity contribution in [2.45, 2.75) is 38.8 Å². The van der Waals surface area contributed by atoms with Crippen LogP contribution in [-0.2, 0) is 20.0 Å². The van der Waals surface area contributed by atoms with E-state index in [0.29, 0.717) is 55.4 Å². The third-order valence-electron chi connectivity index (χ3n) is 8.40. The van der Waals surface area contributed by atoms with Crippen LogP contribution in [-0.4, -0.2) is 57.9 Å². The Morgan fingerprint density at radius 3 is 2.23 bits per heavy atom. The van der Waals surface area contributed by atoms with Gasteiger partial charge in [0.25, 0.3) is 11.5 Å². The fourth-order valence-electron chi connectivity index (χ4n) is 5.77. The van der Waals surface area contributed by atoms with Crippen molar-refractivity contribution in [3.8, 4) is 11.4 Å². The highest BCUT2D eigenvalue weighted by Gasteiger charge is 2.31. The molecule has 0 radical (unpaired) electrons. The molecule has 0 unspecified atom stereocenters. The SMILES string of the molecule is COc1ccc(-n2c(=O)c(CN(CCc3ccc(Cl)cc3)C3CCN(C(=O)c4c(F)cccc4F)CC3)c(C)n2C)cc1. The number of benzene rings is 3. The minimum atomic E-state index is -0.857. The molecule has 226 valence electrons. The number of amides is 1. The molecular formula is C33H35ClF2N4O3. The molecule has 1 aliphatic rings. The molecule has 1 fully saturated rings. The average Bonchev–Trinajstić information content (AvgIpc) is 3.22. The van der Waals surface area contributed by atoms with Gasteiger partial charge >= 0.3 is 0 Å². The zero-order valence-corrected chi connectivity index (χ0v) is 25.3. The van der Waals surface area contributed by atoms with Crippen molar-refractivity contribution in [1.82, 2.24) is 19.2 Å². The number of likely N-dealkylation sites (tertiary alicyclic amines) is 1. The van der Waals surface area contributed by atoms with Gasteiger partial charge in [-0.25, -0.2) is 13.5 Å². The first-order valence-electron chi connectivity index (χ1n) is 14.3. The standard InChI is InChI=1S/C33H35ClF2N4O3/c1-22-28(32(41)40(37(22)2)26-11-13-27(43-3)14-12-26)21-39(18-15-23-7-9-24(34)10-8-23)25-16-19-38(20-17-25)33(42)31-29(35)5-4-6-30(31)36/h4-14,25H,15-21H2,1-3H3. The summed E-state index contributed by atoms with van der Waals surface area (Å²) in [6.07, 6.45) is 1.97. The summed E-state index contributed by atoms with van der Waals surface area (Å²) in [6.45, 7) is 3.77. The number of hydrogen-bond acceptors (Lipinski definition) is 4. The summed E-state index contributed by atoms with van der Waals surface area (Å²) < 4.78 is 37.4. The Balaban J connectivity index is 1.38. The third kappa shape index (κ3) is 6.53. The molecule has 0 spiro atoms. The van der Waals surface area contributed by atoms with Gasteiger partial charge < -0.3 is 9.64 Å². The molecular weight excluding hydrogens is 574 g/mol. The van der Waals surface area contributed by atoms with Crippen LogP contribution < -0.4 is 10.3 Å². The van der Waals surface area contributed by atoms with Gasteiger partial charge in [0.15, 0.2) is 0 Å². The number of piperidine rings is 1. The molecule has 1 aliphatic heterocycles. The summed E-state index contributed by atoms with van der Waals surface area (Å²) in [6, 6.07) is 18.6. The molecule has 0 N–H and O–H groups in total. The highest BCUT2D eigenvalue weighted by molar-refractivity contribution is 6.30. The van der Waals surface area contributed by atoms with Gasteiger partial charge in [-0.15, -0.1) is 0 Å². The Hall–Kier alpha value is -3.95. The van der Waals surface area contributed by atoms with Gasteiger partial charge in [0.1, 0.15) is 22.9 Å². The molecule has 1 saturated heterocycles. The second-order valence-electron chi connectivity index (χ2n) is 10.9. The quantitative estimate of drug-likeness (QED) is 0.242. The van der Waals surface area contributed by atoms with E-state index < -0.39 is 23.1 Å². The Morgan fingerprint density at radius 2 is 1.63 bits per heavy atom. The highest BCUT2D eigenvalue weighted by Crippen LogP contribution is 2.24. The first-order chi connectivity index (χ1) is 20.7. The van der Waals surface area contributed by atoms with Gasteiger partial charge in [0.2, 0.25) is 0 Å². The molecule has 0 aliphatic carbocycles. The summed E-state index contributed by atoms with van der Waals surface area (Å²) in [5.41, 5.74) is 2.81. The molecule has 0 atom stereocenters. The summed E-state index contributed by atoms with van der Waals surface area (Å²) in [5.74, 6) is -1.64. The predicted molar refractivity (Wildman–Crippen MR) is 163 cm³/mol. The number of aromatic nitrogens is 2. The van der Waals surface area contributed by atoms with Gasteiger partial charge in [0.05, 0.1) is 18.4 Å². The van der Waals surface area contributed by atoms with E-state index in [9.17, 15) is 18.4 Å². The maximum Gasteiger partial charge on any atom is 0.276 e. The fraction of sp³-hybridized carbons (Fsp3) is 0.333. The van der Waals surface area contributed by atoms with E-state index in [1.807, 2.05) is 67.2 Å². The molecule has 1 amide bonds. The van der Waals surface area contributed by atoms with E-state index in [4.69, 9.17) is 16.3 Å². The number of halogens is 3. The van der Waals surface area contributed by atoms with E-state index in [2.05, 4.69) is 4.90 Å². The van der Waals surface area contributed by atoms with E-state index in [-0.39, 0.29) is 11.6 Å². The monoisotopic (exact) mass is 608 g/mol. The second-order valence-corrected chi connectivity index (χ2v) is 11.3. The molecule has 7 nitrogen and oxygen atoms in total. The van der Waals surface area contributed by atoms with E-state index >= 15 is 0 Å². The van der Waals surface area contributed by atoms with Crippen molar-refractivity contribution in [2.75, 3.05) is 26.7 Å². The Bertz CT molecular complexity index is 1620. The molecule has 0 bridgehead atoms. The Kier molecular flexibility index (Phi) is 9.32. The first-order valence-corrected chi connectivity index (χ1v) is 14.7. The van der Waals surface area contributed by atoms with Crippen LogP contribution in [0.4, 0.5) is 8.78 Å². The predicted octanol–water partition coefficient (Wildman–Crippen LogP) is 5.77. The highest BCUT2D eigenvalue weighted by atomic mass is 35.5. The van der Waals surface area contributed by atoms with Crippen molar-refractivity contribution >= 4 is 17.5 Å². The lowest BCUT2D eigenvalue weighted by Crippen LogP contribution is -2.47. The lowest BCUT2D eigenvalue weighted by molar-refractivity contribution is 0.0599. The summed E-state index contributed by atoms with van der Waals surface area (Å²) in [4.78, 5) is 30.6. The average molecular weight is 609 g/mol. The van der Waals surface area contributed by atoms with Crippen molar-refractivity contribution in [1.29, 1.82) is 0 Å². The minimum absolute atomic E-state index is 0.0651. The van der Waals surface area contributed by atoms with E-state index in [1.165, 1.54) is 11.0 Å². The summed E-state index contributed by atoms with van der Waals surface area (Å²) in [7, 11) is 3.47. The number of rotatable bonds is 9. The van der Waals surface area contributed by atoms with Crippen LogP contribution in [0, 0.1) is 18.6 Å². The van der Waals surface area contributed by atoms with Crippen LogP contribution in [0.15, 0.2) is 71.5 Å². The third-order valence-corrected chi connectivity index (χ3v) is 8.65. The number of ether oxygens (including phenoxy) is 1. The van der Waals surface area contributed by atoms with Crippen LogP contribution in [0.2, 0.25) is 5.02 Å². The molecule has 4 aromatic rings. The smallest absolute Gasteiger partial charge is 0.276 e. The topological polar surface area (TPSA) is 59.7 Å². The van der Waals surface area contributed by atoms with Crippen molar-refractivity contribution in [3.63, 3.8) is 0 Å². The number of nitrogens with zero attached hydrogens (tertiary/aromatic N) is 4. The molecule has 3 aromatic carbocycles. The van der Waals surface area contributed by atoms with E-state index in [0.717, 1.165) is 35.5 Å². The lowest BCUT2D eigenvalue weighted by Gasteiger charge is -2.38. The van der Waals surface area contributed by atoms with Crippen LogP contribution in [0.25, 0.3) is 5.69 Å². The second kappa shape index (κ2) is 13.1. The maximum absolute atomic E-state index is 14.3. The number of methoxy groups -OCH3 is 1. The Labute approximate surface area is 254 Å². The van der Waals surface area contributed by atoms with Crippen molar-refractivity contribution < 1.29 is 18.3 Å². The normalized spacial score (nSPS) is 14.0. The lowest BCUT2D eigenvalue weighted by atomic mass is 10.00. The first kappa shape index (κ1) is 30.5. The van der Waals surface area contributed by atoms with E-state index in [1.54, 1.807) is 11.8 Å². The van der Waals surface area contributed by atoms with Gasteiger partial charge in [0, 0.05) is 50.0 Å². The molecule has 10 heteroatoms. The number of carbonyl (C=O) groups is 1. The van der Waals surface area contributed by atoms with Crippen LogP contribution in [0.3, 0.4) is 0 Å². The maximum atomic E-state index is 14.3. The molecule has 43 heavy (non-hydrogen) atoms. The van der Waals surface area contributed by atoms with Gasteiger partial charge in [-0.05, 0) is 80.3 Å². The zero-order valence-electron chi connectivity index (χ0n) is 24.5. The zero-order chi connectivity index (χ0) is 30.7. The minimum Gasteiger partial charge on any atom is -0.497 e. The van der Waals surface area contributed by atoms with Gasteiger partial charge in [-0.1, -0.05) is 29.8 Å². The summed E-state index contributed by atoms with van der Waals surface area (Å²) in [5, 5.41) is 0.669. The molecule has 0 saturated carbocycles. The van der Waals surface area contributed by atoms with Crippen LogP contribution in [0.1, 0.15) is 40.0 Å². The van der Waals surface area contributed by atoms with Gasteiger partial charge in [-0.3, -0.25) is 19.2 Å². The fourth-order valence-corrected chi connectivity index (χ4v) is 5.90. The Morgan fingerprint density at radius 1 is 1.00 bits per heavy atom. The van der Waals surface area contributed by atoms with Crippen molar-refractivity contribution in [3.05, 3.63) is 116 Å². The van der Waals surface area contributed by atoms with Crippen LogP contribution >= 0.6 is 11.6 Å². The molecule has 1 aromatic heterocycles. The number of carbonyl (C=O) groups excluding carboxylic acids is 1. The molecule has 2 heterocycles. The molecule has 5 rings (SSSR count). The summed E-state index contributed by atoms with van der Waals surface area (Å²) >= 11 is 6.09. The largest absolute Gasteiger partial charge is 0.497 e.